The average Bonchev–Trinajstić information content (AvgIpc) is 2.55. The summed E-state index contributed by atoms with van der Waals surface area (Å²) < 4.78 is 0. The van der Waals surface area contributed by atoms with E-state index >= 15 is 0 Å². The van der Waals surface area contributed by atoms with Gasteiger partial charge in [-0.3, -0.25) is 0 Å². The van der Waals surface area contributed by atoms with Crippen LogP contribution in [0.15, 0.2) is 12.2 Å². The van der Waals surface area contributed by atoms with Crippen molar-refractivity contribution in [2.75, 3.05) is 13.1 Å². The van der Waals surface area contributed by atoms with E-state index in [4.69, 9.17) is 0 Å². The second-order valence-corrected chi connectivity index (χ2v) is 4.52. The lowest BCUT2D eigenvalue weighted by Gasteiger charge is -2.04. The van der Waals surface area contributed by atoms with Crippen LogP contribution in [-0.2, 0) is 0 Å². The largest absolute Gasteiger partial charge is 0.313 e. The molecule has 1 aliphatic carbocycles. The van der Waals surface area contributed by atoms with E-state index in [1.807, 2.05) is 0 Å². The summed E-state index contributed by atoms with van der Waals surface area (Å²) in [5.74, 6) is 1.65. The van der Waals surface area contributed by atoms with E-state index < -0.39 is 0 Å². The van der Waals surface area contributed by atoms with E-state index in [9.17, 15) is 0 Å². The van der Waals surface area contributed by atoms with Crippen LogP contribution in [-0.4, -0.2) is 13.1 Å². The van der Waals surface area contributed by atoms with Gasteiger partial charge in [-0.15, -0.1) is 0 Å². The highest BCUT2D eigenvalue weighted by Crippen LogP contribution is 2.25. The highest BCUT2D eigenvalue weighted by atomic mass is 14.8. The van der Waals surface area contributed by atoms with Gasteiger partial charge in [0.25, 0.3) is 0 Å². The molecular weight excluding hydrogens is 158 g/mol. The van der Waals surface area contributed by atoms with Gasteiger partial charge in [0.1, 0.15) is 0 Å². The Bertz CT molecular complexity index is 143. The fraction of sp³-hybridized carbons (Fsp3) is 0.833. The Morgan fingerprint density at radius 1 is 1.31 bits per heavy atom. The Morgan fingerprint density at radius 2 is 2.00 bits per heavy atom. The maximum absolute atomic E-state index is 3.42. The molecule has 0 aromatic carbocycles. The molecular formula is C12H23N. The average molecular weight is 181 g/mol. The standard InChI is InChI=1S/C12H23N/c1-11(2)10-13-9-5-8-12-6-3-4-7-12/h5,8,11-13H,3-4,6-7,9-10H2,1-2H3. The predicted molar refractivity (Wildman–Crippen MR) is 58.8 cm³/mol. The lowest BCUT2D eigenvalue weighted by molar-refractivity contribution is 0.575. The molecule has 0 amide bonds. The summed E-state index contributed by atoms with van der Waals surface area (Å²) >= 11 is 0. The molecule has 0 aromatic rings. The SMILES string of the molecule is CC(C)CNCC=CC1CCCC1. The van der Waals surface area contributed by atoms with Gasteiger partial charge in [-0.1, -0.05) is 38.8 Å². The van der Waals surface area contributed by atoms with E-state index in [0.717, 1.165) is 24.9 Å². The van der Waals surface area contributed by atoms with E-state index in [1.54, 1.807) is 0 Å². The molecule has 1 aliphatic rings. The van der Waals surface area contributed by atoms with Crippen LogP contribution in [0.25, 0.3) is 0 Å². The van der Waals surface area contributed by atoms with Crippen LogP contribution in [0.2, 0.25) is 0 Å². The van der Waals surface area contributed by atoms with Gasteiger partial charge in [-0.2, -0.15) is 0 Å². The van der Waals surface area contributed by atoms with E-state index in [2.05, 4.69) is 31.3 Å². The number of rotatable bonds is 5. The van der Waals surface area contributed by atoms with Gasteiger partial charge in [0.15, 0.2) is 0 Å². The van der Waals surface area contributed by atoms with Crippen molar-refractivity contribution < 1.29 is 0 Å². The van der Waals surface area contributed by atoms with Gasteiger partial charge >= 0.3 is 0 Å². The minimum Gasteiger partial charge on any atom is -0.313 e. The Labute approximate surface area is 82.6 Å². The molecule has 0 atom stereocenters. The fourth-order valence-electron chi connectivity index (χ4n) is 1.87. The third-order valence-electron chi connectivity index (χ3n) is 2.62. The summed E-state index contributed by atoms with van der Waals surface area (Å²) in [4.78, 5) is 0. The first-order valence-electron chi connectivity index (χ1n) is 5.66. The first kappa shape index (κ1) is 10.8. The third-order valence-corrected chi connectivity index (χ3v) is 2.62. The fourth-order valence-corrected chi connectivity index (χ4v) is 1.87. The normalized spacial score (nSPS) is 19.3. The van der Waals surface area contributed by atoms with Gasteiger partial charge in [0, 0.05) is 6.54 Å². The summed E-state index contributed by atoms with van der Waals surface area (Å²) in [5.41, 5.74) is 0. The maximum atomic E-state index is 3.42. The number of hydrogen-bond acceptors (Lipinski definition) is 1. The molecule has 13 heavy (non-hydrogen) atoms. The quantitative estimate of drug-likeness (QED) is 0.508. The first-order valence-corrected chi connectivity index (χ1v) is 5.66. The summed E-state index contributed by atoms with van der Waals surface area (Å²) in [6.07, 6.45) is 10.4. The third kappa shape index (κ3) is 5.09. The Morgan fingerprint density at radius 3 is 2.62 bits per heavy atom. The first-order chi connectivity index (χ1) is 6.29. The van der Waals surface area contributed by atoms with Gasteiger partial charge in [-0.05, 0) is 31.2 Å². The van der Waals surface area contributed by atoms with Crippen molar-refractivity contribution in [1.29, 1.82) is 0 Å². The van der Waals surface area contributed by atoms with E-state index in [0.29, 0.717) is 0 Å². The summed E-state index contributed by atoms with van der Waals surface area (Å²) in [7, 11) is 0. The monoisotopic (exact) mass is 181 g/mol. The Kier molecular flexibility index (Phi) is 5.14. The van der Waals surface area contributed by atoms with Crippen molar-refractivity contribution in [3.8, 4) is 0 Å². The molecule has 1 nitrogen and oxygen atoms in total. The molecule has 0 unspecified atom stereocenters. The molecule has 1 rings (SSSR count). The van der Waals surface area contributed by atoms with Gasteiger partial charge in [0.2, 0.25) is 0 Å². The maximum Gasteiger partial charge on any atom is 0.0135 e. The lowest BCUT2D eigenvalue weighted by Crippen LogP contribution is -2.19. The molecule has 0 aromatic heterocycles. The molecule has 0 bridgehead atoms. The molecule has 0 spiro atoms. The van der Waals surface area contributed by atoms with E-state index in [-0.39, 0.29) is 0 Å². The van der Waals surface area contributed by atoms with Crippen molar-refractivity contribution >= 4 is 0 Å². The molecule has 1 heteroatoms. The lowest BCUT2D eigenvalue weighted by atomic mass is 10.1. The molecule has 0 radical (unpaired) electrons. The topological polar surface area (TPSA) is 12.0 Å². The van der Waals surface area contributed by atoms with E-state index in [1.165, 1.54) is 25.7 Å². The molecule has 76 valence electrons. The number of hydrogen-bond donors (Lipinski definition) is 1. The highest BCUT2D eigenvalue weighted by molar-refractivity contribution is 4.91. The van der Waals surface area contributed by atoms with Crippen LogP contribution in [0.3, 0.4) is 0 Å². The predicted octanol–water partition coefficient (Wildman–Crippen LogP) is 2.98. The van der Waals surface area contributed by atoms with Crippen LogP contribution >= 0.6 is 0 Å². The van der Waals surface area contributed by atoms with Gasteiger partial charge < -0.3 is 5.32 Å². The molecule has 0 heterocycles. The minimum atomic E-state index is 0.764. The van der Waals surface area contributed by atoms with Crippen LogP contribution in [0, 0.1) is 11.8 Å². The summed E-state index contributed by atoms with van der Waals surface area (Å²) in [5, 5.41) is 3.42. The van der Waals surface area contributed by atoms with Crippen LogP contribution in [0.1, 0.15) is 39.5 Å². The number of allylic oxidation sites excluding steroid dienone is 1. The van der Waals surface area contributed by atoms with Gasteiger partial charge in [0.05, 0.1) is 0 Å². The Hall–Kier alpha value is -0.300. The van der Waals surface area contributed by atoms with Gasteiger partial charge in [-0.25, -0.2) is 0 Å². The molecule has 0 saturated heterocycles. The summed E-state index contributed by atoms with van der Waals surface area (Å²) in [6, 6.07) is 0. The van der Waals surface area contributed by atoms with Crippen LogP contribution in [0.4, 0.5) is 0 Å². The Balaban J connectivity index is 1.97. The van der Waals surface area contributed by atoms with Crippen molar-refractivity contribution in [3.05, 3.63) is 12.2 Å². The zero-order chi connectivity index (χ0) is 9.52. The zero-order valence-corrected chi connectivity index (χ0v) is 9.05. The van der Waals surface area contributed by atoms with Crippen molar-refractivity contribution in [1.82, 2.24) is 5.32 Å². The zero-order valence-electron chi connectivity index (χ0n) is 9.05. The molecule has 1 fully saturated rings. The molecule has 1 N–H and O–H groups in total. The molecule has 1 saturated carbocycles. The molecule has 0 aliphatic heterocycles. The van der Waals surface area contributed by atoms with Crippen LogP contribution in [0.5, 0.6) is 0 Å². The van der Waals surface area contributed by atoms with Crippen molar-refractivity contribution in [2.24, 2.45) is 11.8 Å². The van der Waals surface area contributed by atoms with Crippen molar-refractivity contribution in [2.45, 2.75) is 39.5 Å². The minimum absolute atomic E-state index is 0.764. The smallest absolute Gasteiger partial charge is 0.0135 e. The summed E-state index contributed by atoms with van der Waals surface area (Å²) in [6.45, 7) is 6.67. The van der Waals surface area contributed by atoms with Crippen molar-refractivity contribution in [3.63, 3.8) is 0 Å². The highest BCUT2D eigenvalue weighted by Gasteiger charge is 2.10. The second-order valence-electron chi connectivity index (χ2n) is 4.52. The number of nitrogens with one attached hydrogen (secondary N) is 1. The second kappa shape index (κ2) is 6.20. The van der Waals surface area contributed by atoms with Crippen LogP contribution < -0.4 is 5.32 Å².